The maximum atomic E-state index is 9.20. The molecule has 0 aliphatic carbocycles. The van der Waals surface area contributed by atoms with E-state index in [9.17, 15) is 5.11 Å². The molecule has 0 radical (unpaired) electrons. The second-order valence-corrected chi connectivity index (χ2v) is 3.69. The maximum absolute atomic E-state index is 9.20. The van der Waals surface area contributed by atoms with Crippen LogP contribution in [0.5, 0.6) is 11.6 Å². The van der Waals surface area contributed by atoms with E-state index in [0.717, 1.165) is 17.7 Å². The zero-order valence-electron chi connectivity index (χ0n) is 9.76. The molecule has 0 fully saturated rings. The molecule has 3 nitrogen and oxygen atoms in total. The van der Waals surface area contributed by atoms with Crippen molar-refractivity contribution in [1.29, 1.82) is 0 Å². The van der Waals surface area contributed by atoms with E-state index in [1.165, 1.54) is 0 Å². The van der Waals surface area contributed by atoms with Gasteiger partial charge in [0.15, 0.2) is 0 Å². The SMILES string of the molecule is CCc1ccccc1Oc1ncccc1CO. The number of nitrogens with zero attached hydrogens (tertiary/aromatic N) is 1. The van der Waals surface area contributed by atoms with Gasteiger partial charge in [-0.2, -0.15) is 0 Å². The first-order valence-corrected chi connectivity index (χ1v) is 5.65. The highest BCUT2D eigenvalue weighted by Crippen LogP contribution is 2.26. The van der Waals surface area contributed by atoms with Crippen molar-refractivity contribution >= 4 is 0 Å². The van der Waals surface area contributed by atoms with Crippen LogP contribution in [0.2, 0.25) is 0 Å². The summed E-state index contributed by atoms with van der Waals surface area (Å²) in [6.07, 6.45) is 2.56. The zero-order valence-corrected chi connectivity index (χ0v) is 9.76. The number of ether oxygens (including phenoxy) is 1. The number of aromatic nitrogens is 1. The van der Waals surface area contributed by atoms with Crippen LogP contribution >= 0.6 is 0 Å². The van der Waals surface area contributed by atoms with Gasteiger partial charge in [0.2, 0.25) is 5.88 Å². The number of hydrogen-bond donors (Lipinski definition) is 1. The lowest BCUT2D eigenvalue weighted by Crippen LogP contribution is -1.96. The average Bonchev–Trinajstić information content (AvgIpc) is 2.40. The van der Waals surface area contributed by atoms with Crippen molar-refractivity contribution < 1.29 is 9.84 Å². The van der Waals surface area contributed by atoms with Crippen molar-refractivity contribution in [2.24, 2.45) is 0 Å². The molecule has 2 aromatic rings. The summed E-state index contributed by atoms with van der Waals surface area (Å²) in [5.41, 5.74) is 1.82. The second kappa shape index (κ2) is 5.46. The standard InChI is InChI=1S/C14H15NO2/c1-2-11-6-3-4-8-13(11)17-14-12(10-16)7-5-9-15-14/h3-9,16H,2,10H2,1H3. The highest BCUT2D eigenvalue weighted by atomic mass is 16.5. The summed E-state index contributed by atoms with van der Waals surface area (Å²) in [5.74, 6) is 1.26. The topological polar surface area (TPSA) is 42.4 Å². The Morgan fingerprint density at radius 1 is 1.12 bits per heavy atom. The number of benzene rings is 1. The normalized spacial score (nSPS) is 10.2. The van der Waals surface area contributed by atoms with E-state index in [2.05, 4.69) is 11.9 Å². The lowest BCUT2D eigenvalue weighted by atomic mass is 10.1. The molecule has 0 aliphatic heterocycles. The maximum Gasteiger partial charge on any atom is 0.224 e. The second-order valence-electron chi connectivity index (χ2n) is 3.69. The Bertz CT molecular complexity index is 452. The molecule has 0 spiro atoms. The summed E-state index contributed by atoms with van der Waals surface area (Å²) in [6.45, 7) is 2.00. The van der Waals surface area contributed by atoms with Crippen molar-refractivity contribution in [3.05, 3.63) is 53.7 Å². The van der Waals surface area contributed by atoms with Gasteiger partial charge in [-0.1, -0.05) is 25.1 Å². The summed E-state index contributed by atoms with van der Waals surface area (Å²) in [7, 11) is 0. The van der Waals surface area contributed by atoms with E-state index in [4.69, 9.17) is 4.74 Å². The molecule has 0 saturated carbocycles. The van der Waals surface area contributed by atoms with Gasteiger partial charge in [0.25, 0.3) is 0 Å². The number of rotatable bonds is 4. The Morgan fingerprint density at radius 3 is 2.65 bits per heavy atom. The van der Waals surface area contributed by atoms with Gasteiger partial charge in [-0.3, -0.25) is 0 Å². The predicted molar refractivity (Wildman–Crippen MR) is 66.1 cm³/mol. The number of para-hydroxylation sites is 1. The van der Waals surface area contributed by atoms with Crippen LogP contribution in [0.15, 0.2) is 42.6 Å². The van der Waals surface area contributed by atoms with Crippen LogP contribution < -0.4 is 4.74 Å². The van der Waals surface area contributed by atoms with E-state index in [-0.39, 0.29) is 6.61 Å². The summed E-state index contributed by atoms with van der Waals surface area (Å²) >= 11 is 0. The van der Waals surface area contributed by atoms with E-state index >= 15 is 0 Å². The van der Waals surface area contributed by atoms with Gasteiger partial charge in [0.1, 0.15) is 5.75 Å². The Kier molecular flexibility index (Phi) is 3.73. The Balaban J connectivity index is 2.31. The number of aliphatic hydroxyl groups is 1. The zero-order chi connectivity index (χ0) is 12.1. The molecule has 0 saturated heterocycles. The number of hydrogen-bond acceptors (Lipinski definition) is 3. The molecule has 0 amide bonds. The molecule has 3 heteroatoms. The largest absolute Gasteiger partial charge is 0.438 e. The third-order valence-electron chi connectivity index (χ3n) is 2.58. The van der Waals surface area contributed by atoms with E-state index in [0.29, 0.717) is 11.4 Å². The summed E-state index contributed by atoms with van der Waals surface area (Å²) in [5, 5.41) is 9.20. The van der Waals surface area contributed by atoms with Gasteiger partial charge in [0, 0.05) is 11.8 Å². The predicted octanol–water partition coefficient (Wildman–Crippen LogP) is 2.93. The van der Waals surface area contributed by atoms with E-state index in [1.54, 1.807) is 18.3 Å². The van der Waals surface area contributed by atoms with Crippen LogP contribution in [0, 0.1) is 0 Å². The molecular weight excluding hydrogens is 214 g/mol. The van der Waals surface area contributed by atoms with Gasteiger partial charge in [-0.25, -0.2) is 4.98 Å². The lowest BCUT2D eigenvalue weighted by Gasteiger charge is -2.11. The first kappa shape index (κ1) is 11.6. The van der Waals surface area contributed by atoms with Crippen LogP contribution in [-0.2, 0) is 13.0 Å². The molecule has 0 atom stereocenters. The Morgan fingerprint density at radius 2 is 1.88 bits per heavy atom. The monoisotopic (exact) mass is 229 g/mol. The molecule has 88 valence electrons. The minimum Gasteiger partial charge on any atom is -0.438 e. The van der Waals surface area contributed by atoms with Crippen LogP contribution in [-0.4, -0.2) is 10.1 Å². The Labute approximate surface area is 101 Å². The van der Waals surface area contributed by atoms with Crippen LogP contribution in [0.4, 0.5) is 0 Å². The van der Waals surface area contributed by atoms with Crippen molar-refractivity contribution in [3.8, 4) is 11.6 Å². The summed E-state index contributed by atoms with van der Waals surface area (Å²) < 4.78 is 5.75. The molecular formula is C14H15NO2. The van der Waals surface area contributed by atoms with E-state index < -0.39 is 0 Å². The smallest absolute Gasteiger partial charge is 0.224 e. The minimum atomic E-state index is -0.0720. The minimum absolute atomic E-state index is 0.0720. The fourth-order valence-corrected chi connectivity index (χ4v) is 1.64. The molecule has 0 unspecified atom stereocenters. The average molecular weight is 229 g/mol. The third kappa shape index (κ3) is 2.63. The van der Waals surface area contributed by atoms with Crippen molar-refractivity contribution in [2.45, 2.75) is 20.0 Å². The van der Waals surface area contributed by atoms with Gasteiger partial charge in [-0.05, 0) is 30.2 Å². The van der Waals surface area contributed by atoms with Crippen molar-refractivity contribution in [3.63, 3.8) is 0 Å². The fraction of sp³-hybridized carbons (Fsp3) is 0.214. The molecule has 1 aromatic heterocycles. The summed E-state index contributed by atoms with van der Waals surface area (Å²) in [6, 6.07) is 11.4. The highest BCUT2D eigenvalue weighted by molar-refractivity contribution is 5.37. The molecule has 1 aromatic carbocycles. The number of aryl methyl sites for hydroxylation is 1. The quantitative estimate of drug-likeness (QED) is 0.876. The molecule has 17 heavy (non-hydrogen) atoms. The molecule has 2 rings (SSSR count). The van der Waals surface area contributed by atoms with Gasteiger partial charge < -0.3 is 9.84 Å². The summed E-state index contributed by atoms with van der Waals surface area (Å²) in [4.78, 5) is 4.14. The molecule has 1 heterocycles. The number of pyridine rings is 1. The third-order valence-corrected chi connectivity index (χ3v) is 2.58. The van der Waals surface area contributed by atoms with Crippen LogP contribution in [0.1, 0.15) is 18.1 Å². The van der Waals surface area contributed by atoms with Gasteiger partial charge in [-0.15, -0.1) is 0 Å². The van der Waals surface area contributed by atoms with Crippen LogP contribution in [0.3, 0.4) is 0 Å². The van der Waals surface area contributed by atoms with Gasteiger partial charge in [0.05, 0.1) is 6.61 Å². The lowest BCUT2D eigenvalue weighted by molar-refractivity contribution is 0.275. The van der Waals surface area contributed by atoms with Crippen molar-refractivity contribution in [2.75, 3.05) is 0 Å². The highest BCUT2D eigenvalue weighted by Gasteiger charge is 2.07. The molecule has 0 aliphatic rings. The first-order valence-electron chi connectivity index (χ1n) is 5.65. The van der Waals surface area contributed by atoms with Crippen LogP contribution in [0.25, 0.3) is 0 Å². The first-order chi connectivity index (χ1) is 8.35. The Hall–Kier alpha value is -1.87. The van der Waals surface area contributed by atoms with Gasteiger partial charge >= 0.3 is 0 Å². The fourth-order valence-electron chi connectivity index (χ4n) is 1.64. The van der Waals surface area contributed by atoms with E-state index in [1.807, 2.05) is 24.3 Å². The molecule has 0 bridgehead atoms. The van der Waals surface area contributed by atoms with Crippen molar-refractivity contribution in [1.82, 2.24) is 4.98 Å². The molecule has 1 N–H and O–H groups in total. The number of aliphatic hydroxyl groups excluding tert-OH is 1.